The van der Waals surface area contributed by atoms with Gasteiger partial charge in [0.25, 0.3) is 5.91 Å². The van der Waals surface area contributed by atoms with Gasteiger partial charge in [-0.1, -0.05) is 32.0 Å². The molecule has 2 saturated heterocycles. The summed E-state index contributed by atoms with van der Waals surface area (Å²) in [6.07, 6.45) is 10.6. The van der Waals surface area contributed by atoms with Crippen molar-refractivity contribution in [2.24, 2.45) is 10.9 Å². The number of carbonyl (C=O) groups is 2. The van der Waals surface area contributed by atoms with Crippen molar-refractivity contribution >= 4 is 28.7 Å². The number of likely N-dealkylation sites (tertiary alicyclic amines) is 1. The highest BCUT2D eigenvalue weighted by Gasteiger charge is 2.41. The fourth-order valence-electron chi connectivity index (χ4n) is 9.15. The molecule has 5 aromatic rings. The number of aromatic nitrogens is 5. The van der Waals surface area contributed by atoms with Gasteiger partial charge in [0, 0.05) is 29.8 Å². The molecule has 0 radical (unpaired) electrons. The van der Waals surface area contributed by atoms with E-state index in [0.29, 0.717) is 24.4 Å². The van der Waals surface area contributed by atoms with Gasteiger partial charge in [-0.2, -0.15) is 4.99 Å². The van der Waals surface area contributed by atoms with Gasteiger partial charge in [0.15, 0.2) is 0 Å². The number of fused-ring (bicyclic) bond motifs is 6. The molecule has 5 heterocycles. The molecule has 3 fully saturated rings. The van der Waals surface area contributed by atoms with Crippen molar-refractivity contribution in [1.82, 2.24) is 35.1 Å². The maximum Gasteiger partial charge on any atom is 0.433 e. The Bertz CT molecular complexity index is 2210. The number of hydrogen-bond acceptors (Lipinski definition) is 7. The predicted octanol–water partition coefficient (Wildman–Crippen LogP) is 8.00. The number of H-pyrrole nitrogens is 2. The number of nitrogens with zero attached hydrogens (tertiary/aromatic N) is 5. The molecule has 4 atom stereocenters. The van der Waals surface area contributed by atoms with Crippen LogP contribution in [0.3, 0.4) is 0 Å². The lowest BCUT2D eigenvalue weighted by Crippen LogP contribution is -2.39. The molecule has 3 aromatic heterocycles. The Balaban J connectivity index is 0.980. The van der Waals surface area contributed by atoms with E-state index >= 15 is 0 Å². The summed E-state index contributed by atoms with van der Waals surface area (Å²) in [5.74, 6) is 2.42. The maximum atomic E-state index is 13.5. The molecule has 11 heteroatoms. The Morgan fingerprint density at radius 3 is 2.44 bits per heavy atom. The molecule has 9 rings (SSSR count). The molecule has 4 aliphatic rings. The number of nitrogens with one attached hydrogen (secondary N) is 3. The number of rotatable bonds is 7. The minimum atomic E-state index is -0.768. The van der Waals surface area contributed by atoms with Crippen LogP contribution in [0.4, 0.5) is 4.79 Å². The molecule has 3 N–H and O–H groups in total. The van der Waals surface area contributed by atoms with Crippen LogP contribution < -0.4 is 5.32 Å². The molecule has 11 nitrogen and oxygen atoms in total. The number of aliphatic imine (C=N–C) groups is 1. The molecule has 2 aliphatic heterocycles. The summed E-state index contributed by atoms with van der Waals surface area (Å²) in [5.41, 5.74) is 11.9. The Morgan fingerprint density at radius 1 is 0.885 bits per heavy atom. The summed E-state index contributed by atoms with van der Waals surface area (Å²) in [6, 6.07) is 15.6. The van der Waals surface area contributed by atoms with Gasteiger partial charge in [0.2, 0.25) is 0 Å². The first-order chi connectivity index (χ1) is 25.4. The molecule has 52 heavy (non-hydrogen) atoms. The minimum absolute atomic E-state index is 0.197. The second-order valence-corrected chi connectivity index (χ2v) is 15.1. The SMILES string of the molecule is COC(=O)/N=C(/C(=O)N1CCC[C@H]1c1ncc(-c2ccc(-c3ccc(-c4ccc5nc([C@@H]6CCCN6)[nH]c5c4)c4c3C3CCC4C3)nc2)[nH]1)C(C)C. The normalized spacial score (nSPS) is 22.5. The average molecular weight is 697 g/mol. The van der Waals surface area contributed by atoms with Crippen molar-refractivity contribution in [3.63, 3.8) is 0 Å². The van der Waals surface area contributed by atoms with Gasteiger partial charge in [-0.25, -0.2) is 14.8 Å². The number of imidazole rings is 2. The lowest BCUT2D eigenvalue weighted by atomic mass is 9.82. The predicted molar refractivity (Wildman–Crippen MR) is 200 cm³/mol. The van der Waals surface area contributed by atoms with Gasteiger partial charge < -0.3 is 24.9 Å². The van der Waals surface area contributed by atoms with Crippen LogP contribution in [0.25, 0.3) is 44.7 Å². The summed E-state index contributed by atoms with van der Waals surface area (Å²) in [5, 5.41) is 3.56. The largest absolute Gasteiger partial charge is 0.451 e. The zero-order valence-electron chi connectivity index (χ0n) is 29.9. The van der Waals surface area contributed by atoms with E-state index in [2.05, 4.69) is 62.7 Å². The van der Waals surface area contributed by atoms with Crippen LogP contribution >= 0.6 is 0 Å². The van der Waals surface area contributed by atoms with Crippen molar-refractivity contribution in [3.8, 4) is 33.6 Å². The molecular formula is C41H44N8O3. The van der Waals surface area contributed by atoms with E-state index < -0.39 is 6.09 Å². The second-order valence-electron chi connectivity index (χ2n) is 15.1. The Kier molecular flexibility index (Phi) is 8.25. The van der Waals surface area contributed by atoms with E-state index in [4.69, 9.17) is 19.7 Å². The highest BCUT2D eigenvalue weighted by molar-refractivity contribution is 6.40. The number of amides is 2. The topological polar surface area (TPSA) is 141 Å². The minimum Gasteiger partial charge on any atom is -0.451 e. The smallest absolute Gasteiger partial charge is 0.433 e. The molecule has 2 amide bonds. The third-order valence-electron chi connectivity index (χ3n) is 11.7. The highest BCUT2D eigenvalue weighted by Crippen LogP contribution is 2.58. The average Bonchev–Trinajstić information content (AvgIpc) is 4.02. The van der Waals surface area contributed by atoms with Crippen LogP contribution in [0.15, 0.2) is 59.9 Å². The first-order valence-electron chi connectivity index (χ1n) is 18.8. The molecule has 2 aliphatic carbocycles. The monoisotopic (exact) mass is 696 g/mol. The molecule has 2 aromatic carbocycles. The fourth-order valence-corrected chi connectivity index (χ4v) is 9.15. The van der Waals surface area contributed by atoms with Crippen molar-refractivity contribution in [3.05, 3.63) is 77.6 Å². The standard InChI is InChI=1S/C41H44N8O3/c1-22(2)37(48-41(51)52-3)40(50)49-17-5-7-34(49)39-44-21-33(47-39)26-11-14-29(43-20-26)28-13-12-27(35-24-8-9-25(18-24)36(28)35)23-10-15-30-32(19-23)46-38(45-30)31-6-4-16-42-31/h10-15,19-22,24-25,31,34,42H,4-9,16-18H2,1-3H3,(H,44,47)(H,45,46)/b48-37+/t24?,25?,31-,34-/m0/s1. The maximum absolute atomic E-state index is 13.5. The van der Waals surface area contributed by atoms with E-state index in [-0.39, 0.29) is 23.6 Å². The number of benzene rings is 2. The number of carbonyl (C=O) groups excluding carboxylic acids is 2. The summed E-state index contributed by atoms with van der Waals surface area (Å²) < 4.78 is 4.70. The van der Waals surface area contributed by atoms with Crippen molar-refractivity contribution < 1.29 is 14.3 Å². The van der Waals surface area contributed by atoms with Crippen LogP contribution in [-0.2, 0) is 9.53 Å². The third-order valence-corrected chi connectivity index (χ3v) is 11.7. The van der Waals surface area contributed by atoms with Crippen LogP contribution in [0, 0.1) is 5.92 Å². The fraction of sp³-hybridized carbons (Fsp3) is 0.415. The number of hydrogen-bond donors (Lipinski definition) is 3. The van der Waals surface area contributed by atoms with Gasteiger partial charge in [-0.05, 0) is 110 Å². The zero-order chi connectivity index (χ0) is 35.5. The number of methoxy groups -OCH3 is 1. The summed E-state index contributed by atoms with van der Waals surface area (Å²) in [4.78, 5) is 52.9. The Labute approximate surface area is 302 Å². The quantitative estimate of drug-likeness (QED) is 0.147. The zero-order valence-corrected chi connectivity index (χ0v) is 29.9. The lowest BCUT2D eigenvalue weighted by molar-refractivity contribution is -0.125. The van der Waals surface area contributed by atoms with Gasteiger partial charge in [-0.15, -0.1) is 0 Å². The Hall–Kier alpha value is -5.16. The highest BCUT2D eigenvalue weighted by atomic mass is 16.5. The number of aromatic amines is 2. The van der Waals surface area contributed by atoms with Gasteiger partial charge in [0.05, 0.1) is 47.8 Å². The summed E-state index contributed by atoms with van der Waals surface area (Å²) in [6.45, 7) is 5.33. The van der Waals surface area contributed by atoms with Gasteiger partial charge >= 0.3 is 6.09 Å². The van der Waals surface area contributed by atoms with Gasteiger partial charge in [0.1, 0.15) is 17.4 Å². The van der Waals surface area contributed by atoms with Gasteiger partial charge in [-0.3, -0.25) is 9.78 Å². The van der Waals surface area contributed by atoms with Crippen LogP contribution in [0.5, 0.6) is 0 Å². The van der Waals surface area contributed by atoms with E-state index in [9.17, 15) is 9.59 Å². The molecule has 1 saturated carbocycles. The first-order valence-corrected chi connectivity index (χ1v) is 18.8. The van der Waals surface area contributed by atoms with E-state index in [1.165, 1.54) is 60.6 Å². The molecule has 2 unspecified atom stereocenters. The van der Waals surface area contributed by atoms with Crippen molar-refractivity contribution in [2.45, 2.75) is 82.7 Å². The van der Waals surface area contributed by atoms with Crippen LogP contribution in [-0.4, -0.2) is 67.7 Å². The summed E-state index contributed by atoms with van der Waals surface area (Å²) >= 11 is 0. The van der Waals surface area contributed by atoms with Crippen molar-refractivity contribution in [2.75, 3.05) is 20.2 Å². The van der Waals surface area contributed by atoms with Crippen LogP contribution in [0.2, 0.25) is 0 Å². The van der Waals surface area contributed by atoms with E-state index in [1.54, 1.807) is 4.90 Å². The van der Waals surface area contributed by atoms with E-state index in [1.807, 2.05) is 26.2 Å². The number of ether oxygens (including phenoxy) is 1. The third kappa shape index (κ3) is 5.62. The van der Waals surface area contributed by atoms with Crippen molar-refractivity contribution in [1.29, 1.82) is 0 Å². The molecule has 0 spiro atoms. The second kappa shape index (κ2) is 13.1. The number of pyridine rings is 1. The first kappa shape index (κ1) is 32.7. The molecule has 266 valence electrons. The Morgan fingerprint density at radius 2 is 1.69 bits per heavy atom. The molecular weight excluding hydrogens is 653 g/mol. The molecule has 2 bridgehead atoms. The summed E-state index contributed by atoms with van der Waals surface area (Å²) in [7, 11) is 1.26. The van der Waals surface area contributed by atoms with Crippen LogP contribution in [0.1, 0.15) is 105 Å². The lowest BCUT2D eigenvalue weighted by Gasteiger charge is -2.25. The van der Waals surface area contributed by atoms with E-state index in [0.717, 1.165) is 65.4 Å².